The molecule has 1 aliphatic carbocycles. The summed E-state index contributed by atoms with van der Waals surface area (Å²) in [5.41, 5.74) is 8.55. The summed E-state index contributed by atoms with van der Waals surface area (Å²) < 4.78 is 0. The van der Waals surface area contributed by atoms with Crippen molar-refractivity contribution in [1.29, 1.82) is 0 Å². The van der Waals surface area contributed by atoms with E-state index in [1.807, 2.05) is 17.0 Å². The number of piperidine rings is 1. The number of amides is 1. The molecule has 1 fully saturated rings. The Kier molecular flexibility index (Phi) is 2.86. The Morgan fingerprint density at radius 3 is 2.83 bits per heavy atom. The second-order valence-electron chi connectivity index (χ2n) is 5.80. The molecule has 1 heterocycles. The van der Waals surface area contributed by atoms with Crippen molar-refractivity contribution in [3.05, 3.63) is 35.4 Å². The summed E-state index contributed by atoms with van der Waals surface area (Å²) in [7, 11) is 0. The molecular weight excluding hydrogens is 224 g/mol. The van der Waals surface area contributed by atoms with Gasteiger partial charge in [0.05, 0.1) is 5.92 Å². The highest BCUT2D eigenvalue weighted by Gasteiger charge is 2.36. The van der Waals surface area contributed by atoms with Crippen LogP contribution in [0.4, 0.5) is 0 Å². The van der Waals surface area contributed by atoms with Gasteiger partial charge in [-0.3, -0.25) is 4.79 Å². The summed E-state index contributed by atoms with van der Waals surface area (Å²) in [6, 6.07) is 8.40. The van der Waals surface area contributed by atoms with E-state index in [1.54, 1.807) is 0 Å². The molecule has 0 aromatic heterocycles. The highest BCUT2D eigenvalue weighted by molar-refractivity contribution is 5.87. The van der Waals surface area contributed by atoms with E-state index in [1.165, 1.54) is 11.1 Å². The Bertz CT molecular complexity index is 461. The maximum atomic E-state index is 12.5. The number of carbonyl (C=O) groups excluding carboxylic acids is 1. The number of hydrogen-bond acceptors (Lipinski definition) is 2. The average Bonchev–Trinajstić information content (AvgIpc) is 2.29. The van der Waals surface area contributed by atoms with Crippen molar-refractivity contribution in [2.75, 3.05) is 13.1 Å². The number of hydrogen-bond donors (Lipinski definition) is 1. The second kappa shape index (κ2) is 4.39. The van der Waals surface area contributed by atoms with Crippen LogP contribution in [0.5, 0.6) is 0 Å². The van der Waals surface area contributed by atoms with E-state index in [0.29, 0.717) is 5.92 Å². The zero-order chi connectivity index (χ0) is 12.7. The summed E-state index contributed by atoms with van der Waals surface area (Å²) in [5.74, 6) is 0.877. The molecule has 0 radical (unpaired) electrons. The first-order valence-corrected chi connectivity index (χ1v) is 6.77. The molecule has 96 valence electrons. The quantitative estimate of drug-likeness (QED) is 0.814. The van der Waals surface area contributed by atoms with Crippen molar-refractivity contribution >= 4 is 5.91 Å². The molecule has 3 heteroatoms. The van der Waals surface area contributed by atoms with Gasteiger partial charge in [0, 0.05) is 19.1 Å². The Labute approximate surface area is 108 Å². The Balaban J connectivity index is 1.73. The molecule has 18 heavy (non-hydrogen) atoms. The minimum absolute atomic E-state index is 0.0821. The van der Waals surface area contributed by atoms with Gasteiger partial charge in [-0.15, -0.1) is 0 Å². The number of nitrogens with zero attached hydrogens (tertiary/aromatic N) is 1. The predicted octanol–water partition coefficient (Wildman–Crippen LogP) is 1.52. The van der Waals surface area contributed by atoms with Crippen LogP contribution < -0.4 is 5.73 Å². The van der Waals surface area contributed by atoms with Gasteiger partial charge in [-0.2, -0.15) is 0 Å². The van der Waals surface area contributed by atoms with E-state index in [-0.39, 0.29) is 17.9 Å². The second-order valence-corrected chi connectivity index (χ2v) is 5.80. The molecule has 0 saturated carbocycles. The van der Waals surface area contributed by atoms with E-state index in [2.05, 4.69) is 19.1 Å². The van der Waals surface area contributed by atoms with Crippen LogP contribution in [0.2, 0.25) is 0 Å². The Morgan fingerprint density at radius 1 is 1.33 bits per heavy atom. The molecule has 2 aliphatic rings. The largest absolute Gasteiger partial charge is 0.340 e. The van der Waals surface area contributed by atoms with Crippen LogP contribution in [-0.4, -0.2) is 29.9 Å². The number of benzene rings is 1. The third kappa shape index (κ3) is 1.93. The number of likely N-dealkylation sites (tertiary alicyclic amines) is 1. The summed E-state index contributed by atoms with van der Waals surface area (Å²) in [6.45, 7) is 3.76. The van der Waals surface area contributed by atoms with Gasteiger partial charge in [-0.05, 0) is 29.9 Å². The van der Waals surface area contributed by atoms with Crippen molar-refractivity contribution < 1.29 is 4.79 Å². The highest BCUT2D eigenvalue weighted by atomic mass is 16.2. The molecule has 3 unspecified atom stereocenters. The Hall–Kier alpha value is -1.35. The number of nitrogens with two attached hydrogens (primary N) is 1. The lowest BCUT2D eigenvalue weighted by Crippen LogP contribution is -2.51. The lowest BCUT2D eigenvalue weighted by molar-refractivity contribution is -0.135. The third-order valence-corrected chi connectivity index (χ3v) is 4.16. The molecule has 1 amide bonds. The molecule has 1 saturated heterocycles. The van der Waals surface area contributed by atoms with Crippen molar-refractivity contribution in [2.24, 2.45) is 11.7 Å². The molecule has 3 nitrogen and oxygen atoms in total. The maximum absolute atomic E-state index is 12.5. The minimum atomic E-state index is 0.0821. The normalized spacial score (nSPS) is 30.6. The van der Waals surface area contributed by atoms with E-state index >= 15 is 0 Å². The summed E-state index contributed by atoms with van der Waals surface area (Å²) in [6.07, 6.45) is 1.93. The monoisotopic (exact) mass is 244 g/mol. The average molecular weight is 244 g/mol. The van der Waals surface area contributed by atoms with Crippen LogP contribution in [0.3, 0.4) is 0 Å². The molecule has 2 N–H and O–H groups in total. The number of carbonyl (C=O) groups is 1. The van der Waals surface area contributed by atoms with Crippen LogP contribution in [-0.2, 0) is 11.2 Å². The van der Waals surface area contributed by atoms with Gasteiger partial charge < -0.3 is 10.6 Å². The van der Waals surface area contributed by atoms with Crippen LogP contribution in [0.1, 0.15) is 30.4 Å². The molecule has 1 aromatic rings. The van der Waals surface area contributed by atoms with Gasteiger partial charge in [-0.25, -0.2) is 0 Å². The first-order valence-electron chi connectivity index (χ1n) is 6.77. The Morgan fingerprint density at radius 2 is 2.11 bits per heavy atom. The summed E-state index contributed by atoms with van der Waals surface area (Å²) >= 11 is 0. The zero-order valence-corrected chi connectivity index (χ0v) is 10.8. The van der Waals surface area contributed by atoms with Gasteiger partial charge in [0.25, 0.3) is 0 Å². The number of fused-ring (bicyclic) bond motifs is 1. The van der Waals surface area contributed by atoms with Crippen molar-refractivity contribution in [3.8, 4) is 0 Å². The third-order valence-electron chi connectivity index (χ3n) is 4.16. The highest BCUT2D eigenvalue weighted by Crippen LogP contribution is 2.36. The predicted molar refractivity (Wildman–Crippen MR) is 71.2 cm³/mol. The zero-order valence-electron chi connectivity index (χ0n) is 10.8. The van der Waals surface area contributed by atoms with Crippen molar-refractivity contribution in [3.63, 3.8) is 0 Å². The smallest absolute Gasteiger partial charge is 0.230 e. The molecule has 1 aromatic carbocycles. The first kappa shape index (κ1) is 11.7. The molecule has 3 rings (SSSR count). The first-order chi connectivity index (χ1) is 8.65. The van der Waals surface area contributed by atoms with E-state index in [4.69, 9.17) is 5.73 Å². The molecule has 3 atom stereocenters. The van der Waals surface area contributed by atoms with Gasteiger partial charge in [-0.1, -0.05) is 31.2 Å². The van der Waals surface area contributed by atoms with Gasteiger partial charge >= 0.3 is 0 Å². The van der Waals surface area contributed by atoms with E-state index < -0.39 is 0 Å². The maximum Gasteiger partial charge on any atom is 0.230 e. The van der Waals surface area contributed by atoms with Gasteiger partial charge in [0.1, 0.15) is 0 Å². The van der Waals surface area contributed by atoms with E-state index in [9.17, 15) is 4.79 Å². The fourth-order valence-corrected chi connectivity index (χ4v) is 3.28. The van der Waals surface area contributed by atoms with Gasteiger partial charge in [0.15, 0.2) is 0 Å². The molecular formula is C15H20N2O. The van der Waals surface area contributed by atoms with Crippen LogP contribution in [0.15, 0.2) is 24.3 Å². The minimum Gasteiger partial charge on any atom is -0.340 e. The van der Waals surface area contributed by atoms with Crippen molar-refractivity contribution in [1.82, 2.24) is 4.90 Å². The molecule has 1 aliphatic heterocycles. The lowest BCUT2D eigenvalue weighted by Gasteiger charge is -2.39. The van der Waals surface area contributed by atoms with Crippen molar-refractivity contribution in [2.45, 2.75) is 31.7 Å². The number of rotatable bonds is 1. The fraction of sp³-hybridized carbons (Fsp3) is 0.533. The standard InChI is InChI=1S/C15H20N2O/c1-10-6-12(16)9-17(8-10)15(18)14-7-11-4-2-3-5-13(11)14/h2-5,10,12,14H,6-9,16H2,1H3. The summed E-state index contributed by atoms with van der Waals surface area (Å²) in [5, 5.41) is 0. The van der Waals surface area contributed by atoms with Crippen LogP contribution in [0.25, 0.3) is 0 Å². The van der Waals surface area contributed by atoms with Gasteiger partial charge in [0.2, 0.25) is 5.91 Å². The molecule has 0 spiro atoms. The summed E-state index contributed by atoms with van der Waals surface area (Å²) in [4.78, 5) is 14.5. The topological polar surface area (TPSA) is 46.3 Å². The fourth-order valence-electron chi connectivity index (χ4n) is 3.28. The SMILES string of the molecule is CC1CC(N)CN(C(=O)C2Cc3ccccc32)C1. The lowest BCUT2D eigenvalue weighted by atomic mass is 9.76. The molecule has 0 bridgehead atoms. The van der Waals surface area contributed by atoms with Crippen LogP contribution in [0, 0.1) is 5.92 Å². The van der Waals surface area contributed by atoms with Crippen LogP contribution >= 0.6 is 0 Å². The van der Waals surface area contributed by atoms with E-state index in [0.717, 1.165) is 25.9 Å².